The second kappa shape index (κ2) is 4.99. The van der Waals surface area contributed by atoms with Crippen molar-refractivity contribution in [2.45, 2.75) is 46.0 Å². The van der Waals surface area contributed by atoms with Gasteiger partial charge >= 0.3 is 0 Å². The van der Waals surface area contributed by atoms with Crippen molar-refractivity contribution in [2.75, 3.05) is 0 Å². The molecule has 1 aliphatic rings. The molecule has 1 aromatic heterocycles. The number of carbonyl (C=O) groups is 1. The van der Waals surface area contributed by atoms with Crippen molar-refractivity contribution < 1.29 is 4.79 Å². The summed E-state index contributed by atoms with van der Waals surface area (Å²) in [7, 11) is 0. The molecule has 1 aliphatic carbocycles. The van der Waals surface area contributed by atoms with E-state index < -0.39 is 0 Å². The number of pyridine rings is 1. The number of hydrogen-bond donors (Lipinski definition) is 0. The molecule has 2 rings (SSSR count). The molecular formula is C15H21NO. The Bertz CT molecular complexity index is 383. The highest BCUT2D eigenvalue weighted by molar-refractivity contribution is 5.84. The fraction of sp³-hybridized carbons (Fsp3) is 0.600. The van der Waals surface area contributed by atoms with Crippen molar-refractivity contribution in [2.24, 2.45) is 11.3 Å². The average molecular weight is 231 g/mol. The minimum absolute atomic E-state index is 0.183. The van der Waals surface area contributed by atoms with Crippen molar-refractivity contribution in [3.8, 4) is 0 Å². The lowest BCUT2D eigenvalue weighted by Gasteiger charge is -2.37. The summed E-state index contributed by atoms with van der Waals surface area (Å²) in [5.41, 5.74) is 1.27. The van der Waals surface area contributed by atoms with Gasteiger partial charge in [-0.2, -0.15) is 0 Å². The summed E-state index contributed by atoms with van der Waals surface area (Å²) >= 11 is 0. The van der Waals surface area contributed by atoms with Crippen LogP contribution in [0.4, 0.5) is 0 Å². The third-order valence-electron chi connectivity index (χ3n) is 4.02. The maximum atomic E-state index is 12.4. The molecule has 1 unspecified atom stereocenters. The molecule has 92 valence electrons. The zero-order valence-corrected chi connectivity index (χ0v) is 10.8. The number of rotatable bonds is 3. The average Bonchev–Trinajstić information content (AvgIpc) is 2.29. The van der Waals surface area contributed by atoms with Crippen molar-refractivity contribution in [1.29, 1.82) is 0 Å². The topological polar surface area (TPSA) is 30.0 Å². The van der Waals surface area contributed by atoms with Crippen LogP contribution in [0.15, 0.2) is 24.5 Å². The Morgan fingerprint density at radius 1 is 1.35 bits per heavy atom. The van der Waals surface area contributed by atoms with Crippen LogP contribution in [0.5, 0.6) is 0 Å². The van der Waals surface area contributed by atoms with E-state index in [0.29, 0.717) is 12.2 Å². The molecule has 1 fully saturated rings. The van der Waals surface area contributed by atoms with Crippen LogP contribution >= 0.6 is 0 Å². The molecule has 17 heavy (non-hydrogen) atoms. The predicted molar refractivity (Wildman–Crippen MR) is 68.7 cm³/mol. The van der Waals surface area contributed by atoms with Gasteiger partial charge in [0.05, 0.1) is 0 Å². The smallest absolute Gasteiger partial charge is 0.140 e. The molecule has 0 radical (unpaired) electrons. The van der Waals surface area contributed by atoms with Gasteiger partial charge in [0.15, 0.2) is 0 Å². The summed E-state index contributed by atoms with van der Waals surface area (Å²) < 4.78 is 0. The molecule has 1 atom stereocenters. The summed E-state index contributed by atoms with van der Waals surface area (Å²) in [4.78, 5) is 16.3. The molecule has 0 N–H and O–H groups in total. The lowest BCUT2D eigenvalue weighted by molar-refractivity contribution is -0.127. The molecule has 2 nitrogen and oxygen atoms in total. The molecule has 1 heterocycles. The SMILES string of the molecule is CC1(C)CCCCC1C(=O)Cc1ccncc1. The fourth-order valence-corrected chi connectivity index (χ4v) is 2.92. The lowest BCUT2D eigenvalue weighted by atomic mass is 9.66. The highest BCUT2D eigenvalue weighted by Gasteiger charge is 2.36. The second-order valence-electron chi connectivity index (χ2n) is 5.79. The van der Waals surface area contributed by atoms with Crippen LogP contribution in [-0.4, -0.2) is 10.8 Å². The molecule has 1 saturated carbocycles. The summed E-state index contributed by atoms with van der Waals surface area (Å²) in [5.74, 6) is 0.644. The quantitative estimate of drug-likeness (QED) is 0.798. The van der Waals surface area contributed by atoms with Gasteiger partial charge in [0.2, 0.25) is 0 Å². The molecule has 0 spiro atoms. The first-order chi connectivity index (χ1) is 8.09. The number of Topliss-reactive ketones (excluding diaryl/α,β-unsaturated/α-hetero) is 1. The summed E-state index contributed by atoms with van der Waals surface area (Å²) in [6.07, 6.45) is 8.80. The van der Waals surface area contributed by atoms with Crippen LogP contribution in [-0.2, 0) is 11.2 Å². The Kier molecular flexibility index (Phi) is 3.60. The first-order valence-corrected chi connectivity index (χ1v) is 6.51. The van der Waals surface area contributed by atoms with E-state index in [2.05, 4.69) is 18.8 Å². The van der Waals surface area contributed by atoms with Crippen LogP contribution < -0.4 is 0 Å². The van der Waals surface area contributed by atoms with E-state index in [4.69, 9.17) is 0 Å². The minimum atomic E-state index is 0.183. The monoisotopic (exact) mass is 231 g/mol. The van der Waals surface area contributed by atoms with Crippen molar-refractivity contribution >= 4 is 5.78 Å². The van der Waals surface area contributed by atoms with Crippen LogP contribution in [0.2, 0.25) is 0 Å². The van der Waals surface area contributed by atoms with Crippen molar-refractivity contribution in [3.05, 3.63) is 30.1 Å². The molecule has 0 saturated heterocycles. The maximum absolute atomic E-state index is 12.4. The lowest BCUT2D eigenvalue weighted by Crippen LogP contribution is -2.34. The van der Waals surface area contributed by atoms with E-state index in [1.807, 2.05) is 12.1 Å². The Hall–Kier alpha value is -1.18. The molecule has 0 aliphatic heterocycles. The summed E-state index contributed by atoms with van der Waals surface area (Å²) in [5, 5.41) is 0. The first kappa shape index (κ1) is 12.3. The third kappa shape index (κ3) is 2.93. The predicted octanol–water partition coefficient (Wildman–Crippen LogP) is 3.41. The number of nitrogens with zero attached hydrogens (tertiary/aromatic N) is 1. The third-order valence-corrected chi connectivity index (χ3v) is 4.02. The van der Waals surface area contributed by atoms with Gasteiger partial charge in [0.25, 0.3) is 0 Å². The molecule has 0 amide bonds. The zero-order valence-electron chi connectivity index (χ0n) is 10.8. The van der Waals surface area contributed by atoms with Gasteiger partial charge in [-0.3, -0.25) is 9.78 Å². The van der Waals surface area contributed by atoms with Crippen LogP contribution in [0.1, 0.15) is 45.1 Å². The number of ketones is 1. The largest absolute Gasteiger partial charge is 0.299 e. The van der Waals surface area contributed by atoms with E-state index in [1.54, 1.807) is 12.4 Å². The van der Waals surface area contributed by atoms with Gasteiger partial charge in [0, 0.05) is 24.7 Å². The Balaban J connectivity index is 2.04. The van der Waals surface area contributed by atoms with Crippen molar-refractivity contribution in [1.82, 2.24) is 4.98 Å². The van der Waals surface area contributed by atoms with Crippen LogP contribution in [0.25, 0.3) is 0 Å². The normalized spacial score (nSPS) is 23.3. The maximum Gasteiger partial charge on any atom is 0.140 e. The van der Waals surface area contributed by atoms with Crippen LogP contribution in [0, 0.1) is 11.3 Å². The van der Waals surface area contributed by atoms with Crippen LogP contribution in [0.3, 0.4) is 0 Å². The number of hydrogen-bond acceptors (Lipinski definition) is 2. The number of aromatic nitrogens is 1. The highest BCUT2D eigenvalue weighted by Crippen LogP contribution is 2.41. The van der Waals surface area contributed by atoms with E-state index in [1.165, 1.54) is 19.3 Å². The molecule has 0 bridgehead atoms. The van der Waals surface area contributed by atoms with Gasteiger partial charge in [0.1, 0.15) is 5.78 Å². The molecular weight excluding hydrogens is 210 g/mol. The Labute approximate surface area is 103 Å². The van der Waals surface area contributed by atoms with Gasteiger partial charge in [-0.25, -0.2) is 0 Å². The molecule has 2 heteroatoms. The number of carbonyl (C=O) groups excluding carboxylic acids is 1. The highest BCUT2D eigenvalue weighted by atomic mass is 16.1. The zero-order chi connectivity index (χ0) is 12.3. The second-order valence-corrected chi connectivity index (χ2v) is 5.79. The van der Waals surface area contributed by atoms with Gasteiger partial charge in [-0.05, 0) is 36.0 Å². The summed E-state index contributed by atoms with van der Waals surface area (Å²) in [6.45, 7) is 4.47. The van der Waals surface area contributed by atoms with E-state index in [0.717, 1.165) is 12.0 Å². The summed E-state index contributed by atoms with van der Waals surface area (Å²) in [6, 6.07) is 3.88. The van der Waals surface area contributed by atoms with Gasteiger partial charge in [-0.15, -0.1) is 0 Å². The first-order valence-electron chi connectivity index (χ1n) is 6.51. The van der Waals surface area contributed by atoms with E-state index >= 15 is 0 Å². The minimum Gasteiger partial charge on any atom is -0.299 e. The van der Waals surface area contributed by atoms with Gasteiger partial charge in [-0.1, -0.05) is 26.7 Å². The fourth-order valence-electron chi connectivity index (χ4n) is 2.92. The van der Waals surface area contributed by atoms with E-state index in [9.17, 15) is 4.79 Å². The molecule has 0 aromatic carbocycles. The Morgan fingerprint density at radius 3 is 2.71 bits per heavy atom. The van der Waals surface area contributed by atoms with Gasteiger partial charge < -0.3 is 0 Å². The standard InChI is InChI=1S/C15H21NO/c1-15(2)8-4-3-5-13(15)14(17)11-12-6-9-16-10-7-12/h6-7,9-10,13H,3-5,8,11H2,1-2H3. The van der Waals surface area contributed by atoms with E-state index in [-0.39, 0.29) is 11.3 Å². The van der Waals surface area contributed by atoms with Crippen molar-refractivity contribution in [3.63, 3.8) is 0 Å². The Morgan fingerprint density at radius 2 is 2.06 bits per heavy atom. The molecule has 1 aromatic rings.